The van der Waals surface area contributed by atoms with E-state index in [-0.39, 0.29) is 0 Å². The van der Waals surface area contributed by atoms with Crippen LogP contribution in [0.1, 0.15) is 25.7 Å². The normalized spacial score (nSPS) is 22.0. The third-order valence-electron chi connectivity index (χ3n) is 4.56. The Morgan fingerprint density at radius 2 is 1.90 bits per heavy atom. The Balaban J connectivity index is 1.50. The van der Waals surface area contributed by atoms with Crippen molar-refractivity contribution in [2.24, 2.45) is 0 Å². The van der Waals surface area contributed by atoms with E-state index in [9.17, 15) is 0 Å². The molecule has 1 aromatic heterocycles. The SMILES string of the molecule is CN1CCN(CCn2ncc(OC3CCCC3)c2Cl)CC1. The van der Waals surface area contributed by atoms with Crippen LogP contribution in [-0.4, -0.2) is 65.5 Å². The van der Waals surface area contributed by atoms with Crippen molar-refractivity contribution in [1.29, 1.82) is 0 Å². The Labute approximate surface area is 131 Å². The van der Waals surface area contributed by atoms with E-state index < -0.39 is 0 Å². The Morgan fingerprint density at radius 1 is 1.19 bits per heavy atom. The minimum absolute atomic E-state index is 0.331. The molecule has 2 fully saturated rings. The molecular weight excluding hydrogens is 288 g/mol. The molecule has 21 heavy (non-hydrogen) atoms. The quantitative estimate of drug-likeness (QED) is 0.834. The first-order valence-corrected chi connectivity index (χ1v) is 8.39. The molecule has 2 aliphatic rings. The molecule has 0 amide bonds. The predicted molar refractivity (Wildman–Crippen MR) is 84.1 cm³/mol. The van der Waals surface area contributed by atoms with Crippen LogP contribution in [-0.2, 0) is 6.54 Å². The highest BCUT2D eigenvalue weighted by Gasteiger charge is 2.20. The van der Waals surface area contributed by atoms with Crippen LogP contribution in [0.3, 0.4) is 0 Å². The van der Waals surface area contributed by atoms with Gasteiger partial charge in [0.05, 0.1) is 18.8 Å². The van der Waals surface area contributed by atoms with Crippen LogP contribution in [0.4, 0.5) is 0 Å². The van der Waals surface area contributed by atoms with Crippen LogP contribution < -0.4 is 4.74 Å². The summed E-state index contributed by atoms with van der Waals surface area (Å²) in [6, 6.07) is 0. The van der Waals surface area contributed by atoms with Crippen molar-refractivity contribution in [2.75, 3.05) is 39.8 Å². The average molecular weight is 313 g/mol. The van der Waals surface area contributed by atoms with Crippen molar-refractivity contribution in [3.63, 3.8) is 0 Å². The summed E-state index contributed by atoms with van der Waals surface area (Å²) in [5, 5.41) is 5.03. The molecule has 1 aliphatic carbocycles. The molecule has 0 N–H and O–H groups in total. The maximum absolute atomic E-state index is 6.39. The average Bonchev–Trinajstić information content (AvgIpc) is 3.11. The molecule has 6 heteroatoms. The highest BCUT2D eigenvalue weighted by atomic mass is 35.5. The van der Waals surface area contributed by atoms with Crippen molar-refractivity contribution in [2.45, 2.75) is 38.3 Å². The Hall–Kier alpha value is -0.780. The van der Waals surface area contributed by atoms with E-state index in [4.69, 9.17) is 16.3 Å². The molecule has 0 atom stereocenters. The van der Waals surface area contributed by atoms with E-state index in [2.05, 4.69) is 21.9 Å². The second-order valence-corrected chi connectivity index (χ2v) is 6.55. The summed E-state index contributed by atoms with van der Waals surface area (Å²) in [6.07, 6.45) is 6.91. The molecule has 3 rings (SSSR count). The zero-order valence-corrected chi connectivity index (χ0v) is 13.6. The number of likely N-dealkylation sites (N-methyl/N-ethyl adjacent to an activating group) is 1. The van der Waals surface area contributed by atoms with Crippen LogP contribution in [0.25, 0.3) is 0 Å². The first-order chi connectivity index (χ1) is 10.2. The molecule has 118 valence electrons. The van der Waals surface area contributed by atoms with Gasteiger partial charge in [-0.2, -0.15) is 5.10 Å². The van der Waals surface area contributed by atoms with Gasteiger partial charge in [-0.1, -0.05) is 11.6 Å². The van der Waals surface area contributed by atoms with Crippen LogP contribution in [0, 0.1) is 0 Å². The number of halogens is 1. The highest BCUT2D eigenvalue weighted by Crippen LogP contribution is 2.29. The van der Waals surface area contributed by atoms with Crippen LogP contribution in [0.2, 0.25) is 5.15 Å². The van der Waals surface area contributed by atoms with Gasteiger partial charge >= 0.3 is 0 Å². The van der Waals surface area contributed by atoms with Gasteiger partial charge in [0.2, 0.25) is 0 Å². The number of ether oxygens (including phenoxy) is 1. The lowest BCUT2D eigenvalue weighted by Crippen LogP contribution is -2.45. The molecule has 0 bridgehead atoms. The summed E-state index contributed by atoms with van der Waals surface area (Å²) in [4.78, 5) is 4.83. The molecule has 0 spiro atoms. The summed E-state index contributed by atoms with van der Waals surface area (Å²) in [5.74, 6) is 0.752. The van der Waals surface area contributed by atoms with Crippen molar-refractivity contribution in [3.05, 3.63) is 11.3 Å². The van der Waals surface area contributed by atoms with Crippen molar-refractivity contribution in [1.82, 2.24) is 19.6 Å². The van der Waals surface area contributed by atoms with Crippen LogP contribution >= 0.6 is 11.6 Å². The smallest absolute Gasteiger partial charge is 0.176 e. The number of piperazine rings is 1. The third kappa shape index (κ3) is 3.90. The first kappa shape index (κ1) is 15.1. The largest absolute Gasteiger partial charge is 0.486 e. The van der Waals surface area contributed by atoms with Crippen molar-refractivity contribution < 1.29 is 4.74 Å². The van der Waals surface area contributed by atoms with E-state index >= 15 is 0 Å². The highest BCUT2D eigenvalue weighted by molar-refractivity contribution is 6.31. The molecule has 0 aromatic carbocycles. The van der Waals surface area contributed by atoms with E-state index in [0.717, 1.165) is 57.9 Å². The van der Waals surface area contributed by atoms with Gasteiger partial charge in [0.25, 0.3) is 0 Å². The van der Waals surface area contributed by atoms with E-state index in [1.807, 2.05) is 4.68 Å². The Morgan fingerprint density at radius 3 is 2.62 bits per heavy atom. The van der Waals surface area contributed by atoms with Crippen molar-refractivity contribution in [3.8, 4) is 5.75 Å². The van der Waals surface area contributed by atoms with Gasteiger partial charge < -0.3 is 9.64 Å². The standard InChI is InChI=1S/C15H25ClN4O/c1-18-6-8-19(9-7-18)10-11-20-15(16)14(12-17-20)21-13-4-2-3-5-13/h12-13H,2-11H2,1H3. The summed E-state index contributed by atoms with van der Waals surface area (Å²) in [6.45, 7) is 6.36. The summed E-state index contributed by atoms with van der Waals surface area (Å²) in [7, 11) is 2.17. The zero-order valence-electron chi connectivity index (χ0n) is 12.8. The van der Waals surface area contributed by atoms with E-state index in [1.54, 1.807) is 6.20 Å². The summed E-state index contributed by atoms with van der Waals surface area (Å²) < 4.78 is 7.82. The minimum atomic E-state index is 0.331. The molecule has 2 heterocycles. The monoisotopic (exact) mass is 312 g/mol. The second-order valence-electron chi connectivity index (χ2n) is 6.19. The number of rotatable bonds is 5. The number of aromatic nitrogens is 2. The van der Waals surface area contributed by atoms with Gasteiger partial charge in [0.1, 0.15) is 0 Å². The first-order valence-electron chi connectivity index (χ1n) is 8.01. The van der Waals surface area contributed by atoms with Gasteiger partial charge in [-0.25, -0.2) is 4.68 Å². The third-order valence-corrected chi connectivity index (χ3v) is 4.95. The lowest BCUT2D eigenvalue weighted by atomic mass is 10.3. The molecule has 5 nitrogen and oxygen atoms in total. The summed E-state index contributed by atoms with van der Waals surface area (Å²) in [5.41, 5.74) is 0. The molecular formula is C15H25ClN4O. The molecule has 0 radical (unpaired) electrons. The second kappa shape index (κ2) is 6.99. The fraction of sp³-hybridized carbons (Fsp3) is 0.800. The molecule has 1 aromatic rings. The zero-order chi connectivity index (χ0) is 14.7. The number of nitrogens with zero attached hydrogens (tertiary/aromatic N) is 4. The van der Waals surface area contributed by atoms with Crippen molar-refractivity contribution >= 4 is 11.6 Å². The lowest BCUT2D eigenvalue weighted by molar-refractivity contribution is 0.148. The van der Waals surface area contributed by atoms with Gasteiger partial charge in [-0.3, -0.25) is 4.90 Å². The van der Waals surface area contributed by atoms with Gasteiger partial charge in [0, 0.05) is 32.7 Å². The predicted octanol–water partition coefficient (Wildman–Crippen LogP) is 2.11. The number of hydrogen-bond donors (Lipinski definition) is 0. The minimum Gasteiger partial charge on any atom is -0.486 e. The molecule has 1 saturated carbocycles. The lowest BCUT2D eigenvalue weighted by Gasteiger charge is -2.32. The van der Waals surface area contributed by atoms with Gasteiger partial charge in [-0.15, -0.1) is 0 Å². The maximum Gasteiger partial charge on any atom is 0.176 e. The molecule has 1 aliphatic heterocycles. The number of hydrogen-bond acceptors (Lipinski definition) is 4. The topological polar surface area (TPSA) is 33.5 Å². The van der Waals surface area contributed by atoms with Crippen LogP contribution in [0.15, 0.2) is 6.20 Å². The molecule has 0 unspecified atom stereocenters. The van der Waals surface area contributed by atoms with Crippen LogP contribution in [0.5, 0.6) is 5.75 Å². The summed E-state index contributed by atoms with van der Waals surface area (Å²) >= 11 is 6.39. The van der Waals surface area contributed by atoms with Gasteiger partial charge in [-0.05, 0) is 32.7 Å². The van der Waals surface area contributed by atoms with E-state index in [1.165, 1.54) is 12.8 Å². The Bertz CT molecular complexity index is 451. The fourth-order valence-electron chi connectivity index (χ4n) is 3.08. The van der Waals surface area contributed by atoms with E-state index in [0.29, 0.717) is 11.3 Å². The molecule has 1 saturated heterocycles. The fourth-order valence-corrected chi connectivity index (χ4v) is 3.30. The Kier molecular flexibility index (Phi) is 5.03. The maximum atomic E-state index is 6.39. The van der Waals surface area contributed by atoms with Gasteiger partial charge in [0.15, 0.2) is 10.9 Å².